The molecule has 8 nitrogen and oxygen atoms in total. The molecule has 3 aromatic rings. The van der Waals surface area contributed by atoms with E-state index in [0.29, 0.717) is 5.56 Å². The molecule has 3 aromatic heterocycles. The number of carbonyl (C=O) groups is 1. The second-order valence-electron chi connectivity index (χ2n) is 6.49. The summed E-state index contributed by atoms with van der Waals surface area (Å²) in [5.74, 6) is 0.979. The maximum absolute atomic E-state index is 12.6. The quantitative estimate of drug-likeness (QED) is 0.773. The van der Waals surface area contributed by atoms with E-state index >= 15 is 0 Å². The number of nitrogens with one attached hydrogen (secondary N) is 1. The van der Waals surface area contributed by atoms with Crippen LogP contribution in [0.15, 0.2) is 30.9 Å². The average Bonchev–Trinajstić information content (AvgIpc) is 3.21. The van der Waals surface area contributed by atoms with Crippen LogP contribution in [-0.2, 0) is 14.1 Å². The predicted octanol–water partition coefficient (Wildman–Crippen LogP) is 1.10. The van der Waals surface area contributed by atoms with Crippen molar-refractivity contribution >= 4 is 22.9 Å². The molecule has 0 spiro atoms. The largest absolute Gasteiger partial charge is 0.355 e. The first kappa shape index (κ1) is 15.6. The molecule has 130 valence electrons. The number of carbonyl (C=O) groups excluding carboxylic acids is 1. The summed E-state index contributed by atoms with van der Waals surface area (Å²) in [5.41, 5.74) is 2.05. The SMILES string of the molecule is Cn1nccc1N1CCCC(NC(=O)c2cnc3c(c2)ncn3C)C1. The fourth-order valence-corrected chi connectivity index (χ4v) is 3.39. The molecule has 4 heterocycles. The van der Waals surface area contributed by atoms with Crippen molar-refractivity contribution in [1.82, 2.24) is 29.6 Å². The molecule has 4 rings (SSSR count). The number of anilines is 1. The lowest BCUT2D eigenvalue weighted by molar-refractivity contribution is 0.0933. The second-order valence-corrected chi connectivity index (χ2v) is 6.49. The lowest BCUT2D eigenvalue weighted by atomic mass is 10.1. The van der Waals surface area contributed by atoms with Crippen LogP contribution in [0.2, 0.25) is 0 Å². The molecule has 0 aliphatic carbocycles. The van der Waals surface area contributed by atoms with Crippen molar-refractivity contribution in [3.8, 4) is 0 Å². The molecule has 0 saturated carbocycles. The number of imidazole rings is 1. The van der Waals surface area contributed by atoms with E-state index in [2.05, 4.69) is 25.3 Å². The summed E-state index contributed by atoms with van der Waals surface area (Å²) in [6.45, 7) is 1.76. The Morgan fingerprint density at radius 1 is 1.32 bits per heavy atom. The normalized spacial score (nSPS) is 17.8. The summed E-state index contributed by atoms with van der Waals surface area (Å²) >= 11 is 0. The molecule has 0 bridgehead atoms. The monoisotopic (exact) mass is 339 g/mol. The van der Waals surface area contributed by atoms with Gasteiger partial charge in [-0.05, 0) is 18.9 Å². The van der Waals surface area contributed by atoms with Crippen LogP contribution in [0.1, 0.15) is 23.2 Å². The summed E-state index contributed by atoms with van der Waals surface area (Å²) in [7, 11) is 3.82. The van der Waals surface area contributed by atoms with Crippen LogP contribution in [0.25, 0.3) is 11.2 Å². The van der Waals surface area contributed by atoms with Gasteiger partial charge in [-0.25, -0.2) is 9.97 Å². The number of pyridine rings is 1. The first-order valence-corrected chi connectivity index (χ1v) is 8.43. The Balaban J connectivity index is 1.47. The molecular weight excluding hydrogens is 318 g/mol. The van der Waals surface area contributed by atoms with Crippen molar-refractivity contribution in [1.29, 1.82) is 0 Å². The number of hydrogen-bond donors (Lipinski definition) is 1. The number of rotatable bonds is 3. The Labute approximate surface area is 145 Å². The maximum atomic E-state index is 12.6. The highest BCUT2D eigenvalue weighted by Gasteiger charge is 2.23. The van der Waals surface area contributed by atoms with Crippen LogP contribution in [0, 0.1) is 0 Å². The van der Waals surface area contributed by atoms with E-state index in [1.807, 2.05) is 29.4 Å². The molecule has 1 N–H and O–H groups in total. The zero-order chi connectivity index (χ0) is 17.4. The zero-order valence-electron chi connectivity index (χ0n) is 14.4. The smallest absolute Gasteiger partial charge is 0.253 e. The van der Waals surface area contributed by atoms with Gasteiger partial charge in [0.15, 0.2) is 5.65 Å². The summed E-state index contributed by atoms with van der Waals surface area (Å²) in [5, 5.41) is 7.36. The minimum absolute atomic E-state index is 0.100. The number of nitrogens with zero attached hydrogens (tertiary/aromatic N) is 6. The molecule has 1 atom stereocenters. The Kier molecular flexibility index (Phi) is 3.87. The van der Waals surface area contributed by atoms with Crippen molar-refractivity contribution < 1.29 is 4.79 Å². The van der Waals surface area contributed by atoms with Crippen molar-refractivity contribution in [2.45, 2.75) is 18.9 Å². The van der Waals surface area contributed by atoms with Crippen LogP contribution in [-0.4, -0.2) is 49.4 Å². The van der Waals surface area contributed by atoms with Crippen molar-refractivity contribution in [3.05, 3.63) is 36.4 Å². The molecule has 1 fully saturated rings. The molecule has 1 aliphatic heterocycles. The van der Waals surface area contributed by atoms with Gasteiger partial charge in [-0.1, -0.05) is 0 Å². The van der Waals surface area contributed by atoms with Gasteiger partial charge in [0, 0.05) is 45.5 Å². The van der Waals surface area contributed by atoms with E-state index in [1.165, 1.54) is 0 Å². The van der Waals surface area contributed by atoms with E-state index in [4.69, 9.17) is 0 Å². The molecule has 0 radical (unpaired) electrons. The molecule has 25 heavy (non-hydrogen) atoms. The van der Waals surface area contributed by atoms with Gasteiger partial charge in [0.25, 0.3) is 5.91 Å². The minimum Gasteiger partial charge on any atom is -0.355 e. The molecule has 1 amide bonds. The topological polar surface area (TPSA) is 80.9 Å². The van der Waals surface area contributed by atoms with Gasteiger partial charge < -0.3 is 14.8 Å². The number of fused-ring (bicyclic) bond motifs is 1. The summed E-state index contributed by atoms with van der Waals surface area (Å²) in [4.78, 5) is 23.5. The molecule has 8 heteroatoms. The predicted molar refractivity (Wildman–Crippen MR) is 94.4 cm³/mol. The molecule has 1 aliphatic rings. The maximum Gasteiger partial charge on any atom is 0.253 e. The minimum atomic E-state index is -0.100. The van der Waals surface area contributed by atoms with Crippen LogP contribution in [0.3, 0.4) is 0 Å². The molecule has 1 saturated heterocycles. The summed E-state index contributed by atoms with van der Waals surface area (Å²) < 4.78 is 3.70. The first-order chi connectivity index (χ1) is 12.1. The fraction of sp³-hybridized carbons (Fsp3) is 0.412. The molecule has 0 aromatic carbocycles. The average molecular weight is 339 g/mol. The molecular formula is C17H21N7O. The van der Waals surface area contributed by atoms with Crippen molar-refractivity contribution in [2.75, 3.05) is 18.0 Å². The number of aromatic nitrogens is 5. The second kappa shape index (κ2) is 6.19. The lowest BCUT2D eigenvalue weighted by Gasteiger charge is -2.34. The van der Waals surface area contributed by atoms with E-state index in [9.17, 15) is 4.79 Å². The van der Waals surface area contributed by atoms with Gasteiger partial charge in [0.1, 0.15) is 11.3 Å². The highest BCUT2D eigenvalue weighted by Crippen LogP contribution is 2.19. The third-order valence-corrected chi connectivity index (χ3v) is 4.69. The van der Waals surface area contributed by atoms with Crippen LogP contribution in [0.5, 0.6) is 0 Å². The Bertz CT molecular complexity index is 913. The van der Waals surface area contributed by atoms with Crippen molar-refractivity contribution in [3.63, 3.8) is 0 Å². The van der Waals surface area contributed by atoms with Crippen molar-refractivity contribution in [2.24, 2.45) is 14.1 Å². The van der Waals surface area contributed by atoms with Crippen LogP contribution < -0.4 is 10.2 Å². The van der Waals surface area contributed by atoms with Gasteiger partial charge >= 0.3 is 0 Å². The molecule has 1 unspecified atom stereocenters. The van der Waals surface area contributed by atoms with Crippen LogP contribution in [0.4, 0.5) is 5.82 Å². The lowest BCUT2D eigenvalue weighted by Crippen LogP contribution is -2.48. The van der Waals surface area contributed by atoms with Gasteiger partial charge in [-0.15, -0.1) is 0 Å². The number of piperidine rings is 1. The van der Waals surface area contributed by atoms with E-state index in [1.54, 1.807) is 24.8 Å². The van der Waals surface area contributed by atoms with Crippen LogP contribution >= 0.6 is 0 Å². The first-order valence-electron chi connectivity index (χ1n) is 8.43. The van der Waals surface area contributed by atoms with Gasteiger partial charge in [-0.3, -0.25) is 9.48 Å². The summed E-state index contributed by atoms with van der Waals surface area (Å²) in [6.07, 6.45) is 7.12. The Hall–Kier alpha value is -2.90. The standard InChI is InChI=1S/C17H21N7O/c1-22-11-19-14-8-12(9-18-16(14)22)17(25)21-13-4-3-7-24(10-13)15-5-6-20-23(15)2/h5-6,8-9,11,13H,3-4,7,10H2,1-2H3,(H,21,25). The Morgan fingerprint density at radius 3 is 3.00 bits per heavy atom. The van der Waals surface area contributed by atoms with Gasteiger partial charge in [0.2, 0.25) is 0 Å². The highest BCUT2D eigenvalue weighted by atomic mass is 16.1. The summed E-state index contributed by atoms with van der Waals surface area (Å²) in [6, 6.07) is 3.90. The highest BCUT2D eigenvalue weighted by molar-refractivity contribution is 5.96. The van der Waals surface area contributed by atoms with E-state index in [-0.39, 0.29) is 11.9 Å². The van der Waals surface area contributed by atoms with E-state index in [0.717, 1.165) is 42.9 Å². The number of hydrogen-bond acceptors (Lipinski definition) is 5. The Morgan fingerprint density at radius 2 is 2.20 bits per heavy atom. The van der Waals surface area contributed by atoms with Gasteiger partial charge in [-0.2, -0.15) is 5.10 Å². The van der Waals surface area contributed by atoms with Gasteiger partial charge in [0.05, 0.1) is 18.1 Å². The number of amides is 1. The third-order valence-electron chi connectivity index (χ3n) is 4.69. The van der Waals surface area contributed by atoms with E-state index < -0.39 is 0 Å². The zero-order valence-corrected chi connectivity index (χ0v) is 14.4. The number of aryl methyl sites for hydroxylation is 2. The third kappa shape index (κ3) is 2.95. The fourth-order valence-electron chi connectivity index (χ4n) is 3.39.